The molecule has 1 fully saturated rings. The van der Waals surface area contributed by atoms with Crippen LogP contribution >= 0.6 is 11.8 Å². The molecule has 0 aliphatic carbocycles. The number of nitrogens with zero attached hydrogens (tertiary/aromatic N) is 3. The molecular weight excluding hydrogens is 376 g/mol. The van der Waals surface area contributed by atoms with Gasteiger partial charge in [0.1, 0.15) is 0 Å². The van der Waals surface area contributed by atoms with E-state index in [1.54, 1.807) is 36.0 Å². The minimum absolute atomic E-state index is 0.0271. The lowest BCUT2D eigenvalue weighted by atomic mass is 10.2. The van der Waals surface area contributed by atoms with Crippen LogP contribution in [0.4, 0.5) is 17.1 Å². The van der Waals surface area contributed by atoms with Crippen molar-refractivity contribution in [1.82, 2.24) is 4.90 Å². The third-order valence-electron chi connectivity index (χ3n) is 4.83. The smallest absolute Gasteiger partial charge is 0.269 e. The summed E-state index contributed by atoms with van der Waals surface area (Å²) in [5, 5.41) is 13.8. The summed E-state index contributed by atoms with van der Waals surface area (Å²) in [5.41, 5.74) is 1.97. The van der Waals surface area contributed by atoms with Crippen molar-refractivity contribution in [2.24, 2.45) is 0 Å². The van der Waals surface area contributed by atoms with Crippen LogP contribution in [0.5, 0.6) is 0 Å². The molecule has 2 aromatic carbocycles. The van der Waals surface area contributed by atoms with E-state index in [1.807, 2.05) is 30.5 Å². The summed E-state index contributed by atoms with van der Waals surface area (Å²) in [6.45, 7) is 4.14. The van der Waals surface area contributed by atoms with Gasteiger partial charge < -0.3 is 10.2 Å². The Hall–Kier alpha value is -2.58. The van der Waals surface area contributed by atoms with Crippen molar-refractivity contribution in [2.75, 3.05) is 49.2 Å². The monoisotopic (exact) mass is 400 g/mol. The minimum atomic E-state index is -0.385. The average Bonchev–Trinajstić information content (AvgIpc) is 2.73. The van der Waals surface area contributed by atoms with E-state index in [4.69, 9.17) is 0 Å². The molecule has 0 aromatic heterocycles. The summed E-state index contributed by atoms with van der Waals surface area (Å²) in [5.74, 6) is 0.0271. The Labute approximate surface area is 168 Å². The number of hydrogen-bond donors (Lipinski definition) is 1. The molecule has 0 unspecified atom stereocenters. The maximum atomic E-state index is 12.3. The molecule has 7 nitrogen and oxygen atoms in total. The molecule has 0 radical (unpaired) electrons. The van der Waals surface area contributed by atoms with Crippen LogP contribution in [-0.4, -0.2) is 54.7 Å². The van der Waals surface area contributed by atoms with Crippen LogP contribution in [0, 0.1) is 10.1 Å². The number of amides is 1. The number of rotatable bonds is 7. The van der Waals surface area contributed by atoms with Gasteiger partial charge in [-0.2, -0.15) is 0 Å². The molecule has 148 valence electrons. The molecule has 0 bridgehead atoms. The van der Waals surface area contributed by atoms with Crippen molar-refractivity contribution >= 4 is 34.7 Å². The van der Waals surface area contributed by atoms with Gasteiger partial charge >= 0.3 is 0 Å². The SMILES string of the molecule is CSc1ccccc1NC(=O)CCN1CCN(c2ccc([N+](=O)[O-])cc2)CC1. The standard InChI is InChI=1S/C20H24N4O3S/c1-28-19-5-3-2-4-18(19)21-20(25)10-11-22-12-14-23(15-13-22)16-6-8-17(9-7-16)24(26)27/h2-9H,10-15H2,1H3,(H,21,25). The Bertz CT molecular complexity index is 820. The summed E-state index contributed by atoms with van der Waals surface area (Å²) in [7, 11) is 0. The molecule has 1 amide bonds. The average molecular weight is 401 g/mol. The number of carbonyl (C=O) groups excluding carboxylic acids is 1. The summed E-state index contributed by atoms with van der Waals surface area (Å²) in [6, 6.07) is 14.5. The first-order valence-corrected chi connectivity index (χ1v) is 10.4. The molecule has 8 heteroatoms. The highest BCUT2D eigenvalue weighted by Crippen LogP contribution is 2.25. The van der Waals surface area contributed by atoms with E-state index in [-0.39, 0.29) is 16.5 Å². The van der Waals surface area contributed by atoms with Crippen molar-refractivity contribution in [3.8, 4) is 0 Å². The lowest BCUT2D eigenvalue weighted by Gasteiger charge is -2.36. The van der Waals surface area contributed by atoms with Gasteiger partial charge in [0.05, 0.1) is 10.6 Å². The first-order valence-electron chi connectivity index (χ1n) is 9.21. The highest BCUT2D eigenvalue weighted by atomic mass is 32.2. The van der Waals surface area contributed by atoms with Crippen molar-refractivity contribution in [3.05, 3.63) is 58.6 Å². The normalized spacial score (nSPS) is 14.7. The predicted molar refractivity (Wildman–Crippen MR) is 113 cm³/mol. The van der Waals surface area contributed by atoms with E-state index in [0.29, 0.717) is 6.42 Å². The first kappa shape index (κ1) is 20.2. The molecule has 0 spiro atoms. The van der Waals surface area contributed by atoms with Crippen LogP contribution in [0.1, 0.15) is 6.42 Å². The van der Waals surface area contributed by atoms with Gasteiger partial charge in [-0.15, -0.1) is 11.8 Å². The van der Waals surface area contributed by atoms with E-state index < -0.39 is 0 Å². The zero-order valence-electron chi connectivity index (χ0n) is 15.8. The predicted octanol–water partition coefficient (Wildman–Crippen LogP) is 3.47. The van der Waals surface area contributed by atoms with Crippen LogP contribution < -0.4 is 10.2 Å². The number of piperazine rings is 1. The number of anilines is 2. The van der Waals surface area contributed by atoms with E-state index in [1.165, 1.54) is 0 Å². The van der Waals surface area contributed by atoms with Gasteiger partial charge in [-0.05, 0) is 30.5 Å². The Morgan fingerprint density at radius 2 is 1.79 bits per heavy atom. The fourth-order valence-corrected chi connectivity index (χ4v) is 3.79. The number of nitro groups is 1. The topological polar surface area (TPSA) is 78.7 Å². The van der Waals surface area contributed by atoms with Crippen molar-refractivity contribution < 1.29 is 9.72 Å². The zero-order chi connectivity index (χ0) is 19.9. The molecule has 2 aromatic rings. The number of nitro benzene ring substituents is 1. The molecule has 28 heavy (non-hydrogen) atoms. The molecule has 3 rings (SSSR count). The molecule has 1 aliphatic heterocycles. The number of non-ortho nitro benzene ring substituents is 1. The van der Waals surface area contributed by atoms with Gasteiger partial charge in [0, 0.05) is 61.9 Å². The second kappa shape index (κ2) is 9.57. The van der Waals surface area contributed by atoms with E-state index in [2.05, 4.69) is 15.1 Å². The van der Waals surface area contributed by atoms with Crippen LogP contribution in [0.2, 0.25) is 0 Å². The highest BCUT2D eigenvalue weighted by molar-refractivity contribution is 7.98. The minimum Gasteiger partial charge on any atom is -0.369 e. The van der Waals surface area contributed by atoms with Gasteiger partial charge in [0.15, 0.2) is 0 Å². The molecule has 1 N–H and O–H groups in total. The second-order valence-electron chi connectivity index (χ2n) is 6.60. The highest BCUT2D eigenvalue weighted by Gasteiger charge is 2.18. The molecule has 0 saturated carbocycles. The molecule has 0 atom stereocenters. The Kier molecular flexibility index (Phi) is 6.89. The molecule has 1 saturated heterocycles. The number of benzene rings is 2. The Balaban J connectivity index is 1.44. The Morgan fingerprint density at radius 3 is 2.43 bits per heavy atom. The van der Waals surface area contributed by atoms with Gasteiger partial charge in [-0.3, -0.25) is 19.8 Å². The number of para-hydroxylation sites is 1. The van der Waals surface area contributed by atoms with E-state index in [9.17, 15) is 14.9 Å². The fraction of sp³-hybridized carbons (Fsp3) is 0.350. The maximum absolute atomic E-state index is 12.3. The maximum Gasteiger partial charge on any atom is 0.269 e. The van der Waals surface area contributed by atoms with Gasteiger partial charge in [0.2, 0.25) is 5.91 Å². The van der Waals surface area contributed by atoms with Crippen LogP contribution in [0.3, 0.4) is 0 Å². The Morgan fingerprint density at radius 1 is 1.11 bits per heavy atom. The summed E-state index contributed by atoms with van der Waals surface area (Å²) in [4.78, 5) is 28.2. The largest absolute Gasteiger partial charge is 0.369 e. The molecule has 1 heterocycles. The second-order valence-corrected chi connectivity index (χ2v) is 7.45. The summed E-state index contributed by atoms with van der Waals surface area (Å²) in [6.07, 6.45) is 2.45. The molecule has 1 aliphatic rings. The van der Waals surface area contributed by atoms with Crippen molar-refractivity contribution in [1.29, 1.82) is 0 Å². The van der Waals surface area contributed by atoms with E-state index >= 15 is 0 Å². The number of nitrogens with one attached hydrogen (secondary N) is 1. The van der Waals surface area contributed by atoms with Gasteiger partial charge in [0.25, 0.3) is 5.69 Å². The van der Waals surface area contributed by atoms with Gasteiger partial charge in [-0.25, -0.2) is 0 Å². The van der Waals surface area contributed by atoms with Crippen LogP contribution in [0.25, 0.3) is 0 Å². The van der Waals surface area contributed by atoms with Crippen LogP contribution in [-0.2, 0) is 4.79 Å². The lowest BCUT2D eigenvalue weighted by Crippen LogP contribution is -2.47. The quantitative estimate of drug-likeness (QED) is 0.436. The summed E-state index contributed by atoms with van der Waals surface area (Å²) >= 11 is 1.62. The van der Waals surface area contributed by atoms with Crippen molar-refractivity contribution in [2.45, 2.75) is 11.3 Å². The van der Waals surface area contributed by atoms with Crippen LogP contribution in [0.15, 0.2) is 53.4 Å². The number of hydrogen-bond acceptors (Lipinski definition) is 6. The lowest BCUT2D eigenvalue weighted by molar-refractivity contribution is -0.384. The molecular formula is C20H24N4O3S. The zero-order valence-corrected chi connectivity index (χ0v) is 16.7. The third-order valence-corrected chi connectivity index (χ3v) is 5.63. The van der Waals surface area contributed by atoms with Crippen molar-refractivity contribution in [3.63, 3.8) is 0 Å². The van der Waals surface area contributed by atoms with Gasteiger partial charge in [-0.1, -0.05) is 12.1 Å². The summed E-state index contributed by atoms with van der Waals surface area (Å²) < 4.78 is 0. The first-order chi connectivity index (χ1) is 13.6. The fourth-order valence-electron chi connectivity index (χ4n) is 3.24. The number of carbonyl (C=O) groups is 1. The number of thioether (sulfide) groups is 1. The van der Waals surface area contributed by atoms with E-state index in [0.717, 1.165) is 49.0 Å². The third kappa shape index (κ3) is 5.24.